The third-order valence-electron chi connectivity index (χ3n) is 2.09. The van der Waals surface area contributed by atoms with Crippen molar-refractivity contribution in [2.75, 3.05) is 11.5 Å². The molecule has 1 fully saturated rings. The van der Waals surface area contributed by atoms with Crippen molar-refractivity contribution in [1.82, 2.24) is 0 Å². The van der Waals surface area contributed by atoms with Gasteiger partial charge in [-0.15, -0.1) is 23.5 Å². The minimum Gasteiger partial charge on any atom is -0.140 e. The van der Waals surface area contributed by atoms with Crippen molar-refractivity contribution in [1.29, 1.82) is 0 Å². The van der Waals surface area contributed by atoms with Crippen molar-refractivity contribution in [2.24, 2.45) is 0 Å². The standard InChI is InChI=1S/C11H16S2.C2H6/c1-4-7-10(5-2)11(3)12-8-6-9-13-11;1-2/h4-5,7H,1-2,6,8-9H2,3H3;1-2H3/b10-7+;. The molecule has 0 saturated carbocycles. The summed E-state index contributed by atoms with van der Waals surface area (Å²) in [4.78, 5) is 0. The van der Waals surface area contributed by atoms with Gasteiger partial charge in [0.15, 0.2) is 0 Å². The first-order chi connectivity index (χ1) is 7.23. The van der Waals surface area contributed by atoms with Crippen LogP contribution in [0.15, 0.2) is 37.0 Å². The van der Waals surface area contributed by atoms with Crippen LogP contribution in [0.4, 0.5) is 0 Å². The van der Waals surface area contributed by atoms with E-state index in [1.54, 1.807) is 0 Å². The monoisotopic (exact) mass is 242 g/mol. The zero-order valence-electron chi connectivity index (χ0n) is 10.1. The molecule has 0 atom stereocenters. The molecular weight excluding hydrogens is 220 g/mol. The maximum Gasteiger partial charge on any atom is 0.0831 e. The van der Waals surface area contributed by atoms with Gasteiger partial charge < -0.3 is 0 Å². The van der Waals surface area contributed by atoms with Crippen LogP contribution < -0.4 is 0 Å². The lowest BCUT2D eigenvalue weighted by Gasteiger charge is -2.33. The van der Waals surface area contributed by atoms with Crippen LogP contribution in [0.25, 0.3) is 0 Å². The second kappa shape index (κ2) is 8.12. The summed E-state index contributed by atoms with van der Waals surface area (Å²) < 4.78 is 0.203. The molecule has 86 valence electrons. The van der Waals surface area contributed by atoms with Gasteiger partial charge in [-0.25, -0.2) is 0 Å². The molecule has 0 radical (unpaired) electrons. The lowest BCUT2D eigenvalue weighted by atomic mass is 10.2. The third-order valence-corrected chi connectivity index (χ3v) is 5.35. The summed E-state index contributed by atoms with van der Waals surface area (Å²) >= 11 is 4.03. The molecular formula is C13H22S2. The highest BCUT2D eigenvalue weighted by atomic mass is 32.2. The fraction of sp³-hybridized carbons (Fsp3) is 0.538. The van der Waals surface area contributed by atoms with Gasteiger partial charge in [0.25, 0.3) is 0 Å². The molecule has 0 aromatic rings. The van der Waals surface area contributed by atoms with Crippen molar-refractivity contribution in [3.05, 3.63) is 37.0 Å². The highest BCUT2D eigenvalue weighted by Gasteiger charge is 2.30. The van der Waals surface area contributed by atoms with Crippen LogP contribution in [0.1, 0.15) is 27.2 Å². The molecule has 0 nitrogen and oxygen atoms in total. The van der Waals surface area contributed by atoms with Crippen molar-refractivity contribution < 1.29 is 0 Å². The van der Waals surface area contributed by atoms with Gasteiger partial charge in [-0.05, 0) is 30.4 Å². The average molecular weight is 242 g/mol. The van der Waals surface area contributed by atoms with E-state index in [9.17, 15) is 0 Å². The molecule has 0 aromatic carbocycles. The van der Waals surface area contributed by atoms with E-state index in [0.717, 1.165) is 0 Å². The molecule has 15 heavy (non-hydrogen) atoms. The Labute approximate surface area is 103 Å². The van der Waals surface area contributed by atoms with Crippen LogP contribution in [0.5, 0.6) is 0 Å². The summed E-state index contributed by atoms with van der Waals surface area (Å²) in [6.07, 6.45) is 7.19. The van der Waals surface area contributed by atoms with Gasteiger partial charge >= 0.3 is 0 Å². The van der Waals surface area contributed by atoms with E-state index in [1.165, 1.54) is 23.5 Å². The molecule has 0 bridgehead atoms. The Morgan fingerprint density at radius 3 is 2.13 bits per heavy atom. The van der Waals surface area contributed by atoms with Crippen LogP contribution in [-0.2, 0) is 0 Å². The zero-order valence-corrected chi connectivity index (χ0v) is 11.7. The molecule has 0 aliphatic carbocycles. The van der Waals surface area contributed by atoms with Crippen LogP contribution >= 0.6 is 23.5 Å². The first kappa shape index (κ1) is 14.9. The molecule has 0 amide bonds. The summed E-state index contributed by atoms with van der Waals surface area (Å²) in [5, 5.41) is 0. The zero-order chi connectivity index (χ0) is 11.7. The Hall–Kier alpha value is -0.0800. The number of hydrogen-bond acceptors (Lipinski definition) is 2. The smallest absolute Gasteiger partial charge is 0.0831 e. The van der Waals surface area contributed by atoms with Crippen LogP contribution in [0.3, 0.4) is 0 Å². The van der Waals surface area contributed by atoms with Crippen LogP contribution in [-0.4, -0.2) is 15.6 Å². The summed E-state index contributed by atoms with van der Waals surface area (Å²) in [6.45, 7) is 13.9. The predicted molar refractivity (Wildman–Crippen MR) is 77.8 cm³/mol. The summed E-state index contributed by atoms with van der Waals surface area (Å²) in [5.41, 5.74) is 1.29. The average Bonchev–Trinajstić information content (AvgIpc) is 2.29. The van der Waals surface area contributed by atoms with Gasteiger partial charge in [0.1, 0.15) is 0 Å². The first-order valence-electron chi connectivity index (χ1n) is 5.46. The van der Waals surface area contributed by atoms with Crippen molar-refractivity contribution in [2.45, 2.75) is 31.3 Å². The van der Waals surface area contributed by atoms with E-state index in [1.807, 2.05) is 49.5 Å². The van der Waals surface area contributed by atoms with Gasteiger partial charge in [0.05, 0.1) is 4.08 Å². The van der Waals surface area contributed by atoms with E-state index >= 15 is 0 Å². The van der Waals surface area contributed by atoms with Gasteiger partial charge in [0.2, 0.25) is 0 Å². The highest BCUT2D eigenvalue weighted by Crippen LogP contribution is 2.47. The van der Waals surface area contributed by atoms with E-state index in [0.29, 0.717) is 0 Å². The topological polar surface area (TPSA) is 0 Å². The molecule has 0 aromatic heterocycles. The van der Waals surface area contributed by atoms with E-state index in [-0.39, 0.29) is 4.08 Å². The number of allylic oxidation sites excluding steroid dienone is 3. The molecule has 1 rings (SSSR count). The lowest BCUT2D eigenvalue weighted by molar-refractivity contribution is 1.02. The van der Waals surface area contributed by atoms with E-state index < -0.39 is 0 Å². The minimum absolute atomic E-state index is 0.203. The van der Waals surface area contributed by atoms with Gasteiger partial charge in [-0.3, -0.25) is 0 Å². The highest BCUT2D eigenvalue weighted by molar-refractivity contribution is 8.19. The second-order valence-corrected chi connectivity index (χ2v) is 6.34. The Kier molecular flexibility index (Phi) is 8.07. The molecule has 1 aliphatic heterocycles. The lowest BCUT2D eigenvalue weighted by Crippen LogP contribution is -2.22. The number of rotatable bonds is 3. The quantitative estimate of drug-likeness (QED) is 0.646. The van der Waals surface area contributed by atoms with Gasteiger partial charge in [-0.1, -0.05) is 45.2 Å². The Morgan fingerprint density at radius 2 is 1.73 bits per heavy atom. The van der Waals surface area contributed by atoms with Crippen molar-refractivity contribution >= 4 is 23.5 Å². The molecule has 1 saturated heterocycles. The summed E-state index contributed by atoms with van der Waals surface area (Å²) in [5.74, 6) is 2.51. The maximum absolute atomic E-state index is 3.86. The molecule has 0 unspecified atom stereocenters. The SMILES string of the molecule is C=C/C=C(\C=C)C1(C)SCCCS1.CC. The Balaban J connectivity index is 0.000000921. The second-order valence-electron chi connectivity index (χ2n) is 3.06. The molecule has 1 aliphatic rings. The van der Waals surface area contributed by atoms with E-state index in [4.69, 9.17) is 0 Å². The minimum atomic E-state index is 0.203. The molecule has 2 heteroatoms. The molecule has 0 spiro atoms. The van der Waals surface area contributed by atoms with Gasteiger partial charge in [-0.2, -0.15) is 0 Å². The molecule has 1 heterocycles. The van der Waals surface area contributed by atoms with Crippen molar-refractivity contribution in [3.8, 4) is 0 Å². The fourth-order valence-corrected chi connectivity index (χ4v) is 4.34. The first-order valence-corrected chi connectivity index (χ1v) is 7.43. The Morgan fingerprint density at radius 1 is 1.20 bits per heavy atom. The molecule has 0 N–H and O–H groups in total. The largest absolute Gasteiger partial charge is 0.140 e. The third kappa shape index (κ3) is 4.52. The maximum atomic E-state index is 3.86. The van der Waals surface area contributed by atoms with Gasteiger partial charge in [0, 0.05) is 0 Å². The summed E-state index contributed by atoms with van der Waals surface area (Å²) in [7, 11) is 0. The van der Waals surface area contributed by atoms with Crippen LogP contribution in [0.2, 0.25) is 0 Å². The fourth-order valence-electron chi connectivity index (χ4n) is 1.33. The van der Waals surface area contributed by atoms with Crippen LogP contribution in [0, 0.1) is 0 Å². The van der Waals surface area contributed by atoms with Crippen molar-refractivity contribution in [3.63, 3.8) is 0 Å². The van der Waals surface area contributed by atoms with E-state index in [2.05, 4.69) is 26.2 Å². The predicted octanol–water partition coefficient (Wildman–Crippen LogP) is 4.90. The summed E-state index contributed by atoms with van der Waals surface area (Å²) in [6, 6.07) is 0. The Bertz CT molecular complexity index is 223. The number of hydrogen-bond donors (Lipinski definition) is 0. The number of thioether (sulfide) groups is 2. The normalized spacial score (nSPS) is 19.8.